The molecule has 0 bridgehead atoms. The summed E-state index contributed by atoms with van der Waals surface area (Å²) in [5.74, 6) is 0.657. The lowest BCUT2D eigenvalue weighted by atomic mass is 10.1. The first-order valence-electron chi connectivity index (χ1n) is 9.22. The summed E-state index contributed by atoms with van der Waals surface area (Å²) < 4.78 is 5.49. The van der Waals surface area contributed by atoms with E-state index in [0.29, 0.717) is 17.9 Å². The molecular weight excluding hydrogens is 340 g/mol. The van der Waals surface area contributed by atoms with Gasteiger partial charge in [-0.1, -0.05) is 13.3 Å². The summed E-state index contributed by atoms with van der Waals surface area (Å²) in [6, 6.07) is 3.90. The number of allylic oxidation sites excluding steroid dienone is 1. The first-order chi connectivity index (χ1) is 13.0. The molecule has 0 spiro atoms. The van der Waals surface area contributed by atoms with Crippen LogP contribution in [0.4, 0.5) is 0 Å². The smallest absolute Gasteiger partial charge is 0.253 e. The molecule has 1 aliphatic heterocycles. The maximum absolute atomic E-state index is 12.5. The molecule has 3 rings (SSSR count). The van der Waals surface area contributed by atoms with Gasteiger partial charge in [0.1, 0.15) is 11.5 Å². The molecular formula is C21H26N4O2. The number of aryl methyl sites for hydroxylation is 1. The molecule has 3 N–H and O–H groups in total. The van der Waals surface area contributed by atoms with Crippen molar-refractivity contribution in [1.29, 1.82) is 0 Å². The number of H-pyrrole nitrogens is 2. The fraction of sp³-hybridized carbons (Fsp3) is 0.333. The number of hydrogen-bond acceptors (Lipinski definition) is 3. The zero-order valence-corrected chi connectivity index (χ0v) is 16.3. The number of unbranched alkanes of at least 4 members (excludes halogenated alkanes) is 1. The van der Waals surface area contributed by atoms with Crippen molar-refractivity contribution in [2.45, 2.75) is 33.6 Å². The lowest BCUT2D eigenvalue weighted by molar-refractivity contribution is 0.0952. The standard InChI is InChI=1S/C21H26N4O2/c1-5-6-9-23-21(26)20-13(2)16(24-14(20)3)11-18-19(27-4)12-17(25-18)15-8-7-10-22-15/h7-8,10-12,22,24H,5-6,9H2,1-4H3,(H,23,26)/b18-11-. The molecule has 1 aliphatic rings. The van der Waals surface area contributed by atoms with Crippen LogP contribution >= 0.6 is 0 Å². The molecule has 3 heterocycles. The van der Waals surface area contributed by atoms with E-state index in [-0.39, 0.29) is 5.91 Å². The molecule has 0 aliphatic carbocycles. The second kappa shape index (κ2) is 8.12. The Labute approximate surface area is 159 Å². The molecule has 142 valence electrons. The number of nitrogens with one attached hydrogen (secondary N) is 3. The monoisotopic (exact) mass is 366 g/mol. The first-order valence-corrected chi connectivity index (χ1v) is 9.22. The molecule has 1 amide bonds. The van der Waals surface area contributed by atoms with Crippen molar-refractivity contribution in [1.82, 2.24) is 15.3 Å². The number of methoxy groups -OCH3 is 1. The molecule has 0 atom stereocenters. The van der Waals surface area contributed by atoms with E-state index in [1.54, 1.807) is 7.11 Å². The molecule has 0 aromatic carbocycles. The van der Waals surface area contributed by atoms with E-state index in [2.05, 4.69) is 27.2 Å². The molecule has 2 aromatic rings. The minimum absolute atomic E-state index is 0.0381. The van der Waals surface area contributed by atoms with Crippen molar-refractivity contribution < 1.29 is 9.53 Å². The van der Waals surface area contributed by atoms with Crippen LogP contribution in [0.15, 0.2) is 40.9 Å². The number of aromatic amines is 2. The van der Waals surface area contributed by atoms with Crippen LogP contribution in [0, 0.1) is 13.8 Å². The number of hydrogen-bond donors (Lipinski definition) is 3. The highest BCUT2D eigenvalue weighted by atomic mass is 16.5. The second-order valence-electron chi connectivity index (χ2n) is 6.60. The highest BCUT2D eigenvalue weighted by molar-refractivity contribution is 6.11. The Morgan fingerprint density at radius 1 is 1.37 bits per heavy atom. The number of amides is 1. The molecule has 0 unspecified atom stereocenters. The van der Waals surface area contributed by atoms with Gasteiger partial charge in [0.25, 0.3) is 5.91 Å². The number of rotatable bonds is 7. The molecule has 0 saturated heterocycles. The normalized spacial score (nSPS) is 15.0. The van der Waals surface area contributed by atoms with E-state index in [4.69, 9.17) is 4.74 Å². The van der Waals surface area contributed by atoms with E-state index in [0.717, 1.165) is 46.9 Å². The van der Waals surface area contributed by atoms with Crippen molar-refractivity contribution in [3.63, 3.8) is 0 Å². The predicted octanol–water partition coefficient (Wildman–Crippen LogP) is 3.86. The Morgan fingerprint density at radius 2 is 2.19 bits per heavy atom. The van der Waals surface area contributed by atoms with Crippen LogP contribution in [0.2, 0.25) is 0 Å². The van der Waals surface area contributed by atoms with Gasteiger partial charge in [0, 0.05) is 30.2 Å². The van der Waals surface area contributed by atoms with Gasteiger partial charge in [-0.3, -0.25) is 4.79 Å². The zero-order valence-electron chi connectivity index (χ0n) is 16.3. The van der Waals surface area contributed by atoms with Crippen molar-refractivity contribution in [2.24, 2.45) is 4.99 Å². The molecule has 2 aromatic heterocycles. The number of carbonyl (C=O) groups excluding carboxylic acids is 1. The second-order valence-corrected chi connectivity index (χ2v) is 6.60. The number of aromatic nitrogens is 2. The molecule has 0 saturated carbocycles. The third-order valence-corrected chi connectivity index (χ3v) is 4.66. The van der Waals surface area contributed by atoms with Crippen LogP contribution in [-0.2, 0) is 4.74 Å². The van der Waals surface area contributed by atoms with E-state index in [1.165, 1.54) is 0 Å². The summed E-state index contributed by atoms with van der Waals surface area (Å²) in [6.07, 6.45) is 7.72. The Morgan fingerprint density at radius 3 is 2.85 bits per heavy atom. The highest BCUT2D eigenvalue weighted by Gasteiger charge is 2.20. The van der Waals surface area contributed by atoms with Gasteiger partial charge in [-0.05, 0) is 44.0 Å². The topological polar surface area (TPSA) is 82.3 Å². The zero-order chi connectivity index (χ0) is 19.4. The molecule has 0 radical (unpaired) electrons. The molecule has 27 heavy (non-hydrogen) atoms. The number of carbonyl (C=O) groups is 1. The van der Waals surface area contributed by atoms with Gasteiger partial charge in [-0.15, -0.1) is 0 Å². The third-order valence-electron chi connectivity index (χ3n) is 4.66. The summed E-state index contributed by atoms with van der Waals surface area (Å²) in [5, 5.41) is 2.99. The summed E-state index contributed by atoms with van der Waals surface area (Å²) >= 11 is 0. The molecule has 6 heteroatoms. The fourth-order valence-electron chi connectivity index (χ4n) is 3.17. The Bertz CT molecular complexity index is 914. The van der Waals surface area contributed by atoms with Crippen LogP contribution in [0.25, 0.3) is 6.08 Å². The summed E-state index contributed by atoms with van der Waals surface area (Å²) in [5.41, 5.74) is 5.81. The number of aliphatic imine (C=N–C) groups is 1. The Balaban J connectivity index is 1.90. The van der Waals surface area contributed by atoms with Gasteiger partial charge in [-0.25, -0.2) is 4.99 Å². The quantitative estimate of drug-likeness (QED) is 0.650. The van der Waals surface area contributed by atoms with Crippen molar-refractivity contribution >= 4 is 17.7 Å². The molecule has 0 fully saturated rings. The van der Waals surface area contributed by atoms with Crippen LogP contribution in [-0.4, -0.2) is 35.2 Å². The third kappa shape index (κ3) is 3.89. The lowest BCUT2D eigenvalue weighted by Gasteiger charge is -2.05. The van der Waals surface area contributed by atoms with Crippen molar-refractivity contribution in [3.8, 4) is 0 Å². The fourth-order valence-corrected chi connectivity index (χ4v) is 3.17. The van der Waals surface area contributed by atoms with Gasteiger partial charge >= 0.3 is 0 Å². The van der Waals surface area contributed by atoms with E-state index in [1.807, 2.05) is 44.3 Å². The van der Waals surface area contributed by atoms with Crippen molar-refractivity contribution in [3.05, 3.63) is 64.1 Å². The number of nitrogens with zero attached hydrogens (tertiary/aromatic N) is 1. The van der Waals surface area contributed by atoms with Crippen LogP contribution in [0.1, 0.15) is 52.8 Å². The Kier molecular flexibility index (Phi) is 5.64. The maximum atomic E-state index is 12.5. The predicted molar refractivity (Wildman–Crippen MR) is 108 cm³/mol. The minimum atomic E-state index is -0.0381. The lowest BCUT2D eigenvalue weighted by Crippen LogP contribution is -2.25. The average molecular weight is 366 g/mol. The van der Waals surface area contributed by atoms with Gasteiger partial charge in [0.2, 0.25) is 0 Å². The summed E-state index contributed by atoms with van der Waals surface area (Å²) in [4.78, 5) is 23.7. The van der Waals surface area contributed by atoms with Gasteiger partial charge in [0.05, 0.1) is 24.1 Å². The average Bonchev–Trinajstić information content (AvgIpc) is 3.35. The van der Waals surface area contributed by atoms with Crippen molar-refractivity contribution in [2.75, 3.05) is 13.7 Å². The SMILES string of the molecule is CCCCNC(=O)c1c(C)[nH]c(/C=C2\N=C(c3ccc[nH]3)C=C2OC)c1C. The first kappa shape index (κ1) is 18.8. The summed E-state index contributed by atoms with van der Waals surface area (Å²) in [6.45, 7) is 6.66. The highest BCUT2D eigenvalue weighted by Crippen LogP contribution is 2.27. The van der Waals surface area contributed by atoms with E-state index in [9.17, 15) is 4.79 Å². The van der Waals surface area contributed by atoms with Crippen LogP contribution in [0.5, 0.6) is 0 Å². The minimum Gasteiger partial charge on any atom is -0.494 e. The van der Waals surface area contributed by atoms with Gasteiger partial charge in [-0.2, -0.15) is 0 Å². The van der Waals surface area contributed by atoms with E-state index >= 15 is 0 Å². The summed E-state index contributed by atoms with van der Waals surface area (Å²) in [7, 11) is 1.63. The number of ether oxygens (including phenoxy) is 1. The van der Waals surface area contributed by atoms with Gasteiger partial charge in [0.15, 0.2) is 0 Å². The van der Waals surface area contributed by atoms with Crippen LogP contribution < -0.4 is 5.32 Å². The Hall–Kier alpha value is -3.02. The molecule has 6 nitrogen and oxygen atoms in total. The van der Waals surface area contributed by atoms with Crippen LogP contribution in [0.3, 0.4) is 0 Å². The maximum Gasteiger partial charge on any atom is 0.253 e. The van der Waals surface area contributed by atoms with E-state index < -0.39 is 0 Å². The largest absolute Gasteiger partial charge is 0.494 e. The van der Waals surface area contributed by atoms with Gasteiger partial charge < -0.3 is 20.0 Å².